The van der Waals surface area contributed by atoms with Gasteiger partial charge in [-0.1, -0.05) is 30.3 Å². The highest BCUT2D eigenvalue weighted by atomic mass is 16.5. The van der Waals surface area contributed by atoms with E-state index in [0.717, 1.165) is 23.3 Å². The van der Waals surface area contributed by atoms with Gasteiger partial charge in [-0.2, -0.15) is 0 Å². The van der Waals surface area contributed by atoms with Crippen LogP contribution in [0.5, 0.6) is 5.75 Å². The van der Waals surface area contributed by atoms with E-state index < -0.39 is 0 Å². The molecule has 1 aliphatic heterocycles. The van der Waals surface area contributed by atoms with Gasteiger partial charge in [-0.25, -0.2) is 4.79 Å². The maximum atomic E-state index is 12.3. The summed E-state index contributed by atoms with van der Waals surface area (Å²) in [6, 6.07) is 21.7. The average molecular weight is 399 g/mol. The van der Waals surface area contributed by atoms with E-state index in [1.165, 1.54) is 6.08 Å². The molecule has 0 aliphatic carbocycles. The molecule has 0 saturated heterocycles. The third-order valence-electron chi connectivity index (χ3n) is 4.56. The second kappa shape index (κ2) is 8.96. The van der Waals surface area contributed by atoms with Crippen molar-refractivity contribution in [3.8, 4) is 5.75 Å². The second-order valence-electron chi connectivity index (χ2n) is 6.81. The molecule has 6 nitrogen and oxygen atoms in total. The fourth-order valence-corrected chi connectivity index (χ4v) is 3.16. The van der Waals surface area contributed by atoms with E-state index in [0.29, 0.717) is 23.7 Å². The van der Waals surface area contributed by atoms with Crippen LogP contribution in [-0.4, -0.2) is 18.5 Å². The number of nitrogens with one attached hydrogen (secondary N) is 3. The normalized spacial score (nSPS) is 12.1. The molecule has 0 bridgehead atoms. The SMILES string of the molecule is O=C(/C=C/c1ccc2c(c1)CCO2)Nc1cccc(NC(=O)Nc2ccccc2)c1. The maximum Gasteiger partial charge on any atom is 0.323 e. The Bertz CT molecular complexity index is 1090. The van der Waals surface area contributed by atoms with Gasteiger partial charge in [0.2, 0.25) is 5.91 Å². The lowest BCUT2D eigenvalue weighted by atomic mass is 10.1. The number of benzene rings is 3. The van der Waals surface area contributed by atoms with Crippen LogP contribution in [0.1, 0.15) is 11.1 Å². The van der Waals surface area contributed by atoms with Crippen LogP contribution in [0.25, 0.3) is 6.08 Å². The molecule has 0 saturated carbocycles. The van der Waals surface area contributed by atoms with Gasteiger partial charge in [0, 0.05) is 29.6 Å². The number of urea groups is 1. The van der Waals surface area contributed by atoms with Crippen molar-refractivity contribution in [2.75, 3.05) is 22.6 Å². The molecule has 150 valence electrons. The number of ether oxygens (including phenoxy) is 1. The van der Waals surface area contributed by atoms with Crippen LogP contribution in [0.15, 0.2) is 78.9 Å². The number of amides is 3. The fraction of sp³-hybridized carbons (Fsp3) is 0.0833. The maximum absolute atomic E-state index is 12.3. The lowest BCUT2D eigenvalue weighted by Crippen LogP contribution is -2.19. The zero-order valence-electron chi connectivity index (χ0n) is 16.2. The van der Waals surface area contributed by atoms with Crippen molar-refractivity contribution in [1.82, 2.24) is 0 Å². The van der Waals surface area contributed by atoms with Gasteiger partial charge in [-0.05, 0) is 59.7 Å². The predicted molar refractivity (Wildman–Crippen MR) is 119 cm³/mol. The molecule has 0 radical (unpaired) electrons. The van der Waals surface area contributed by atoms with Crippen LogP contribution in [0.3, 0.4) is 0 Å². The number of rotatable bonds is 5. The number of para-hydroxylation sites is 1. The number of carbonyl (C=O) groups is 2. The molecular weight excluding hydrogens is 378 g/mol. The largest absolute Gasteiger partial charge is 0.493 e. The first-order valence-corrected chi connectivity index (χ1v) is 9.64. The summed E-state index contributed by atoms with van der Waals surface area (Å²) in [6.07, 6.45) is 4.14. The van der Waals surface area contributed by atoms with Crippen LogP contribution in [0.2, 0.25) is 0 Å². The van der Waals surface area contributed by atoms with Crippen molar-refractivity contribution in [2.45, 2.75) is 6.42 Å². The third-order valence-corrected chi connectivity index (χ3v) is 4.56. The van der Waals surface area contributed by atoms with Crippen molar-refractivity contribution >= 4 is 35.1 Å². The lowest BCUT2D eigenvalue weighted by molar-refractivity contribution is -0.111. The molecule has 0 atom stereocenters. The van der Waals surface area contributed by atoms with E-state index in [9.17, 15) is 9.59 Å². The molecule has 30 heavy (non-hydrogen) atoms. The Morgan fingerprint density at radius 3 is 2.37 bits per heavy atom. The summed E-state index contributed by atoms with van der Waals surface area (Å²) in [5, 5.41) is 8.31. The highest BCUT2D eigenvalue weighted by Crippen LogP contribution is 2.26. The Kier molecular flexibility index (Phi) is 5.75. The fourth-order valence-electron chi connectivity index (χ4n) is 3.16. The molecule has 3 aromatic carbocycles. The first kappa shape index (κ1) is 19.3. The van der Waals surface area contributed by atoms with Crippen LogP contribution < -0.4 is 20.7 Å². The summed E-state index contributed by atoms with van der Waals surface area (Å²) in [4.78, 5) is 24.4. The number of hydrogen-bond donors (Lipinski definition) is 3. The minimum atomic E-state index is -0.356. The van der Waals surface area contributed by atoms with Gasteiger partial charge < -0.3 is 20.7 Å². The van der Waals surface area contributed by atoms with Gasteiger partial charge in [0.05, 0.1) is 6.61 Å². The summed E-state index contributed by atoms with van der Waals surface area (Å²) in [5.74, 6) is 0.662. The van der Waals surface area contributed by atoms with E-state index in [1.54, 1.807) is 42.5 Å². The Morgan fingerprint density at radius 2 is 1.53 bits per heavy atom. The van der Waals surface area contributed by atoms with Gasteiger partial charge in [0.25, 0.3) is 0 Å². The molecule has 1 heterocycles. The van der Waals surface area contributed by atoms with Crippen LogP contribution in [-0.2, 0) is 11.2 Å². The van der Waals surface area contributed by atoms with Crippen LogP contribution >= 0.6 is 0 Å². The Balaban J connectivity index is 1.34. The van der Waals surface area contributed by atoms with Crippen LogP contribution in [0, 0.1) is 0 Å². The minimum absolute atomic E-state index is 0.252. The third kappa shape index (κ3) is 5.05. The zero-order chi connectivity index (χ0) is 20.8. The highest BCUT2D eigenvalue weighted by Gasteiger charge is 2.11. The highest BCUT2D eigenvalue weighted by molar-refractivity contribution is 6.03. The van der Waals surface area contributed by atoms with E-state index in [-0.39, 0.29) is 11.9 Å². The molecule has 0 fully saturated rings. The second-order valence-corrected chi connectivity index (χ2v) is 6.81. The summed E-state index contributed by atoms with van der Waals surface area (Å²) in [6.45, 7) is 0.705. The summed E-state index contributed by atoms with van der Waals surface area (Å²) < 4.78 is 5.49. The topological polar surface area (TPSA) is 79.5 Å². The van der Waals surface area contributed by atoms with Gasteiger partial charge >= 0.3 is 6.03 Å². The van der Waals surface area contributed by atoms with Crippen LogP contribution in [0.4, 0.5) is 21.9 Å². The van der Waals surface area contributed by atoms with E-state index >= 15 is 0 Å². The molecule has 3 N–H and O–H groups in total. The van der Waals surface area contributed by atoms with Crippen molar-refractivity contribution in [3.63, 3.8) is 0 Å². The number of fused-ring (bicyclic) bond motifs is 1. The predicted octanol–water partition coefficient (Wildman–Crippen LogP) is 4.92. The molecule has 0 aromatic heterocycles. The molecule has 0 unspecified atom stereocenters. The number of carbonyl (C=O) groups excluding carboxylic acids is 2. The number of hydrogen-bond acceptors (Lipinski definition) is 3. The Morgan fingerprint density at radius 1 is 0.800 bits per heavy atom. The van der Waals surface area contributed by atoms with E-state index in [4.69, 9.17) is 4.74 Å². The Hall–Kier alpha value is -4.06. The van der Waals surface area contributed by atoms with Crippen molar-refractivity contribution in [3.05, 3.63) is 90.0 Å². The van der Waals surface area contributed by atoms with Gasteiger partial charge in [0.15, 0.2) is 0 Å². The standard InChI is InChI=1S/C24H21N3O3/c28-23(12-10-17-9-11-22-18(15-17)13-14-30-22)25-20-7-4-8-21(16-20)27-24(29)26-19-5-2-1-3-6-19/h1-12,15-16H,13-14H2,(H,25,28)(H2,26,27,29)/b12-10+. The van der Waals surface area contributed by atoms with Crippen molar-refractivity contribution < 1.29 is 14.3 Å². The van der Waals surface area contributed by atoms with Crippen molar-refractivity contribution in [2.24, 2.45) is 0 Å². The van der Waals surface area contributed by atoms with Gasteiger partial charge in [0.1, 0.15) is 5.75 Å². The molecule has 3 amide bonds. The molecule has 3 aromatic rings. The van der Waals surface area contributed by atoms with Gasteiger partial charge in [-0.3, -0.25) is 4.79 Å². The molecule has 1 aliphatic rings. The van der Waals surface area contributed by atoms with Crippen molar-refractivity contribution in [1.29, 1.82) is 0 Å². The average Bonchev–Trinajstić information content (AvgIpc) is 3.21. The smallest absolute Gasteiger partial charge is 0.323 e. The number of anilines is 3. The molecule has 4 rings (SSSR count). The first-order valence-electron chi connectivity index (χ1n) is 9.64. The molecular formula is C24H21N3O3. The van der Waals surface area contributed by atoms with Gasteiger partial charge in [-0.15, -0.1) is 0 Å². The summed E-state index contributed by atoms with van der Waals surface area (Å²) in [7, 11) is 0. The summed E-state index contributed by atoms with van der Waals surface area (Å²) >= 11 is 0. The first-order chi connectivity index (χ1) is 14.7. The van der Waals surface area contributed by atoms with E-state index in [1.807, 2.05) is 36.4 Å². The summed E-state index contributed by atoms with van der Waals surface area (Å²) in [5.41, 5.74) is 3.96. The zero-order valence-corrected chi connectivity index (χ0v) is 16.2. The monoisotopic (exact) mass is 399 g/mol. The quantitative estimate of drug-likeness (QED) is 0.533. The Labute approximate surface area is 174 Å². The molecule has 0 spiro atoms. The minimum Gasteiger partial charge on any atom is -0.493 e. The van der Waals surface area contributed by atoms with E-state index in [2.05, 4.69) is 16.0 Å². The lowest BCUT2D eigenvalue weighted by Gasteiger charge is -2.09. The molecule has 6 heteroatoms.